The number of rotatable bonds is 11. The molecular weight excluding hydrogens is 761 g/mol. The van der Waals surface area contributed by atoms with Crippen LogP contribution in [0.2, 0.25) is 0 Å². The van der Waals surface area contributed by atoms with Crippen molar-refractivity contribution < 1.29 is 1.43 Å². The van der Waals surface area contributed by atoms with Gasteiger partial charge in [0.05, 0.1) is 0 Å². The van der Waals surface area contributed by atoms with Gasteiger partial charge in [-0.15, -0.1) is 0 Å². The van der Waals surface area contributed by atoms with Crippen LogP contribution in [0.5, 0.6) is 0 Å². The Balaban J connectivity index is 0.00000280. The molecule has 10 aromatic carbocycles. The molecule has 304 valence electrons. The second kappa shape index (κ2) is 18.6. The van der Waals surface area contributed by atoms with Gasteiger partial charge >= 0.3 is 0 Å². The van der Waals surface area contributed by atoms with Gasteiger partial charge in [-0.2, -0.15) is 0 Å². The highest BCUT2D eigenvalue weighted by molar-refractivity contribution is 5.83. The van der Waals surface area contributed by atoms with Crippen LogP contribution in [-0.2, 0) is 0 Å². The second-order valence-corrected chi connectivity index (χ2v) is 15.4. The first-order chi connectivity index (χ1) is 30.7. The first kappa shape index (κ1) is 40.2. The lowest BCUT2D eigenvalue weighted by Crippen LogP contribution is -2.10. The monoisotopic (exact) mass is 810 g/mol. The van der Waals surface area contributed by atoms with Crippen LogP contribution >= 0.6 is 0 Å². The van der Waals surface area contributed by atoms with E-state index in [2.05, 4.69) is 277 Å². The minimum absolute atomic E-state index is 0. The summed E-state index contributed by atoms with van der Waals surface area (Å²) in [4.78, 5) is 4.67. The average molecular weight is 811 g/mol. The van der Waals surface area contributed by atoms with E-state index in [1.807, 2.05) is 0 Å². The number of benzene rings is 10. The fraction of sp³-hybridized carbons (Fsp3) is 0.0164. The van der Waals surface area contributed by atoms with E-state index in [9.17, 15) is 0 Å². The van der Waals surface area contributed by atoms with E-state index in [0.717, 1.165) is 45.3 Å². The summed E-state index contributed by atoms with van der Waals surface area (Å²) in [5, 5.41) is 0. The lowest BCUT2D eigenvalue weighted by molar-refractivity contribution is 1.28. The highest BCUT2D eigenvalue weighted by Crippen LogP contribution is 2.40. The van der Waals surface area contributed by atoms with Gasteiger partial charge < -0.3 is 9.80 Å². The maximum absolute atomic E-state index is 2.33. The lowest BCUT2D eigenvalue weighted by atomic mass is 10.0. The summed E-state index contributed by atoms with van der Waals surface area (Å²) in [5.41, 5.74) is 18.5. The Bertz CT molecular complexity index is 2600. The van der Waals surface area contributed by atoms with E-state index < -0.39 is 0 Å². The molecule has 0 aliphatic heterocycles. The first-order valence-corrected chi connectivity index (χ1v) is 21.2. The minimum Gasteiger partial charge on any atom is -0.311 e. The molecule has 0 N–H and O–H groups in total. The second-order valence-electron chi connectivity index (χ2n) is 15.4. The van der Waals surface area contributed by atoms with Gasteiger partial charge in [-0.3, -0.25) is 0 Å². The number of anilines is 6. The van der Waals surface area contributed by atoms with Crippen LogP contribution in [0, 0.1) is 0 Å². The molecule has 0 saturated heterocycles. The van der Waals surface area contributed by atoms with Crippen LogP contribution in [-0.4, -0.2) is 0 Å². The van der Waals surface area contributed by atoms with E-state index >= 15 is 0 Å². The molecule has 63 heavy (non-hydrogen) atoms. The summed E-state index contributed by atoms with van der Waals surface area (Å²) < 4.78 is 0. The summed E-state index contributed by atoms with van der Waals surface area (Å²) in [5.74, 6) is 0. The Hall–Kier alpha value is -8.20. The smallest absolute Gasteiger partial charge is 0.0462 e. The largest absolute Gasteiger partial charge is 0.311 e. The van der Waals surface area contributed by atoms with E-state index in [-0.39, 0.29) is 8.85 Å². The zero-order chi connectivity index (χ0) is 41.5. The summed E-state index contributed by atoms with van der Waals surface area (Å²) in [6, 6.07) is 95.5. The zero-order valence-corrected chi connectivity index (χ0v) is 34.3. The Morgan fingerprint density at radius 1 is 0.159 bits per heavy atom. The van der Waals surface area contributed by atoms with Crippen molar-refractivity contribution in [3.05, 3.63) is 267 Å². The quantitative estimate of drug-likeness (QED) is 0.128. The highest BCUT2D eigenvalue weighted by Gasteiger charge is 2.16. The van der Waals surface area contributed by atoms with Crippen molar-refractivity contribution in [3.63, 3.8) is 0 Å². The van der Waals surface area contributed by atoms with Crippen molar-refractivity contribution in [1.82, 2.24) is 0 Å². The lowest BCUT2D eigenvalue weighted by Gasteiger charge is -2.27. The van der Waals surface area contributed by atoms with Crippen molar-refractivity contribution in [1.29, 1.82) is 0 Å². The summed E-state index contributed by atoms with van der Waals surface area (Å²) in [7, 11) is 0. The Kier molecular flexibility index (Phi) is 11.9. The number of nitrogens with zero attached hydrogens (tertiary/aromatic N) is 2. The van der Waals surface area contributed by atoms with Crippen molar-refractivity contribution in [2.45, 2.75) is 7.43 Å². The first-order valence-electron chi connectivity index (χ1n) is 21.2. The molecule has 0 amide bonds. The molecule has 0 bridgehead atoms. The van der Waals surface area contributed by atoms with Crippen LogP contribution in [0.4, 0.5) is 34.1 Å². The Morgan fingerprint density at radius 2 is 0.286 bits per heavy atom. The fourth-order valence-corrected chi connectivity index (χ4v) is 8.23. The number of hydrogen-bond donors (Lipinski definition) is 0. The molecule has 0 radical (unpaired) electrons. The van der Waals surface area contributed by atoms with Gasteiger partial charge in [-0.1, -0.05) is 202 Å². The van der Waals surface area contributed by atoms with Crippen LogP contribution in [0.25, 0.3) is 55.6 Å². The predicted molar refractivity (Wildman–Crippen MR) is 272 cm³/mol. The van der Waals surface area contributed by atoms with E-state index in [1.54, 1.807) is 0 Å². The molecule has 0 heterocycles. The molecular formula is C61H50N2. The molecule has 0 fully saturated rings. The highest BCUT2D eigenvalue weighted by atomic mass is 15.1. The number of hydrogen-bond acceptors (Lipinski definition) is 2. The van der Waals surface area contributed by atoms with Crippen molar-refractivity contribution in [3.8, 4) is 55.6 Å². The summed E-state index contributed by atoms with van der Waals surface area (Å²) >= 11 is 0. The third kappa shape index (κ3) is 8.84. The zero-order valence-electron chi connectivity index (χ0n) is 34.3. The molecule has 0 spiro atoms. The Labute approximate surface area is 373 Å². The normalized spacial score (nSPS) is 10.7. The van der Waals surface area contributed by atoms with Crippen LogP contribution < -0.4 is 9.80 Å². The third-order valence-corrected chi connectivity index (χ3v) is 11.5. The van der Waals surface area contributed by atoms with E-state index in [0.29, 0.717) is 0 Å². The fourth-order valence-electron chi connectivity index (χ4n) is 8.23. The van der Waals surface area contributed by atoms with E-state index in [4.69, 9.17) is 0 Å². The maximum Gasteiger partial charge on any atom is 0.0462 e. The Morgan fingerprint density at radius 3 is 0.429 bits per heavy atom. The third-order valence-electron chi connectivity index (χ3n) is 11.5. The average Bonchev–Trinajstić information content (AvgIpc) is 3.36. The molecule has 0 saturated carbocycles. The molecule has 10 aromatic rings. The molecule has 2 heteroatoms. The molecule has 0 unspecified atom stereocenters. The van der Waals surface area contributed by atoms with Crippen molar-refractivity contribution >= 4 is 34.1 Å². The molecule has 0 aliphatic carbocycles. The standard InChI is InChI=1S/C60H44N2.CH4.H2/c1-5-13-45(14-6-1)49-21-33-55(34-22-49)61(56-35-23-50(24-36-56)46-15-7-2-8-16-46)59-41-29-53(30-42-59)54-31-43-60(44-32-54)62(57-37-25-51(26-38-57)47-17-9-3-10-18-47)58-39-27-52(28-40-58)48-19-11-4-12-20-48;;/h1-44H;1H4;1H. The molecule has 0 aromatic heterocycles. The minimum atomic E-state index is 0. The van der Waals surface area contributed by atoms with E-state index in [1.165, 1.54) is 44.5 Å². The molecule has 10 rings (SSSR count). The topological polar surface area (TPSA) is 6.48 Å². The van der Waals surface area contributed by atoms with Crippen molar-refractivity contribution in [2.24, 2.45) is 0 Å². The van der Waals surface area contributed by atoms with Crippen LogP contribution in [0.3, 0.4) is 0 Å². The van der Waals surface area contributed by atoms with Gasteiger partial charge in [0, 0.05) is 35.6 Å². The van der Waals surface area contributed by atoms with Gasteiger partial charge in [0.2, 0.25) is 0 Å². The molecule has 0 atom stereocenters. The molecule has 0 aliphatic rings. The van der Waals surface area contributed by atoms with Crippen LogP contribution in [0.1, 0.15) is 8.85 Å². The molecule has 2 nitrogen and oxygen atoms in total. The van der Waals surface area contributed by atoms with Crippen molar-refractivity contribution in [2.75, 3.05) is 9.80 Å². The maximum atomic E-state index is 2.33. The summed E-state index contributed by atoms with van der Waals surface area (Å²) in [6.45, 7) is 0. The van der Waals surface area contributed by atoms with Gasteiger partial charge in [0.25, 0.3) is 0 Å². The van der Waals surface area contributed by atoms with Gasteiger partial charge in [-0.05, 0) is 128 Å². The SMILES string of the molecule is C.[HH].c1ccc(-c2ccc(N(c3ccc(-c4ccccc4)cc3)c3ccc(-c4ccc(N(c5ccc(-c6ccccc6)cc5)c5ccc(-c6ccccc6)cc5)cc4)cc3)cc2)cc1. The van der Waals surface area contributed by atoms with Crippen LogP contribution in [0.15, 0.2) is 267 Å². The predicted octanol–water partition coefficient (Wildman–Crippen LogP) is 17.8. The van der Waals surface area contributed by atoms with Gasteiger partial charge in [0.15, 0.2) is 0 Å². The summed E-state index contributed by atoms with van der Waals surface area (Å²) in [6.07, 6.45) is 0. The van der Waals surface area contributed by atoms with Gasteiger partial charge in [0.1, 0.15) is 0 Å². The van der Waals surface area contributed by atoms with Gasteiger partial charge in [-0.25, -0.2) is 0 Å².